The van der Waals surface area contributed by atoms with Gasteiger partial charge in [0.05, 0.1) is 5.56 Å². The number of halogens is 1. The summed E-state index contributed by atoms with van der Waals surface area (Å²) in [6, 6.07) is 14.8. The van der Waals surface area contributed by atoms with Crippen LogP contribution in [-0.2, 0) is 11.3 Å². The van der Waals surface area contributed by atoms with E-state index in [4.69, 9.17) is 4.52 Å². The highest BCUT2D eigenvalue weighted by molar-refractivity contribution is 5.91. The first-order valence-electron chi connectivity index (χ1n) is 10.4. The fourth-order valence-electron chi connectivity index (χ4n) is 3.55. The molecule has 5 rings (SSSR count). The highest BCUT2D eigenvalue weighted by Gasteiger charge is 2.19. The van der Waals surface area contributed by atoms with Crippen LogP contribution in [0.1, 0.15) is 11.1 Å². The Hall–Kier alpha value is -4.60. The molecule has 170 valence electrons. The van der Waals surface area contributed by atoms with Crippen LogP contribution in [0.25, 0.3) is 28.5 Å². The molecule has 3 aromatic heterocycles. The van der Waals surface area contributed by atoms with E-state index >= 15 is 0 Å². The Labute approximate surface area is 192 Å². The number of fused-ring (bicyclic) bond motifs is 1. The van der Waals surface area contributed by atoms with Gasteiger partial charge in [-0.3, -0.25) is 4.79 Å². The van der Waals surface area contributed by atoms with Gasteiger partial charge in [0, 0.05) is 17.4 Å². The molecule has 0 saturated carbocycles. The van der Waals surface area contributed by atoms with Crippen LogP contribution in [0, 0.1) is 19.7 Å². The molecule has 9 nitrogen and oxygen atoms in total. The molecule has 0 aliphatic heterocycles. The molecule has 0 aliphatic rings. The van der Waals surface area contributed by atoms with Crippen molar-refractivity contribution in [2.75, 3.05) is 5.32 Å². The van der Waals surface area contributed by atoms with Gasteiger partial charge in [-0.25, -0.2) is 18.3 Å². The Bertz CT molecular complexity index is 1580. The average molecular weight is 458 g/mol. The number of carbonyl (C=O) groups is 1. The number of pyridine rings is 1. The molecule has 0 atom stereocenters. The molecule has 5 aromatic rings. The van der Waals surface area contributed by atoms with Crippen molar-refractivity contribution >= 4 is 17.2 Å². The standard InChI is InChI=1S/C24H19FN6O3/c1-14-5-6-15(2)19(12-14)26-20(32)13-31-24(33)30-11-3-4-18(22(30)28-31)23-27-21(29-34-23)16-7-9-17(25)10-8-16/h3-12H,13H2,1-2H3,(H,26,32). The molecule has 0 bridgehead atoms. The maximum Gasteiger partial charge on any atom is 0.350 e. The minimum absolute atomic E-state index is 0.141. The van der Waals surface area contributed by atoms with Gasteiger partial charge in [0.1, 0.15) is 12.4 Å². The number of anilines is 1. The fourth-order valence-corrected chi connectivity index (χ4v) is 3.55. The number of hydrogen-bond donors (Lipinski definition) is 1. The summed E-state index contributed by atoms with van der Waals surface area (Å²) in [5.74, 6) is -0.338. The zero-order chi connectivity index (χ0) is 23.8. The summed E-state index contributed by atoms with van der Waals surface area (Å²) in [5, 5.41) is 11.1. The lowest BCUT2D eigenvalue weighted by Crippen LogP contribution is -2.28. The molecule has 0 spiro atoms. The zero-order valence-electron chi connectivity index (χ0n) is 18.3. The maximum atomic E-state index is 13.2. The number of amides is 1. The van der Waals surface area contributed by atoms with Crippen molar-refractivity contribution in [1.82, 2.24) is 24.3 Å². The normalized spacial score (nSPS) is 11.1. The van der Waals surface area contributed by atoms with E-state index in [1.54, 1.807) is 30.5 Å². The second kappa shape index (κ2) is 8.39. The third-order valence-corrected chi connectivity index (χ3v) is 5.33. The van der Waals surface area contributed by atoms with E-state index in [2.05, 4.69) is 20.6 Å². The Morgan fingerprint density at radius 2 is 1.91 bits per heavy atom. The third kappa shape index (κ3) is 3.96. The van der Waals surface area contributed by atoms with Crippen molar-refractivity contribution in [2.24, 2.45) is 0 Å². The number of benzene rings is 2. The summed E-state index contributed by atoms with van der Waals surface area (Å²) < 4.78 is 21.0. The van der Waals surface area contributed by atoms with E-state index in [1.807, 2.05) is 32.0 Å². The molecule has 0 aliphatic carbocycles. The first-order chi connectivity index (χ1) is 16.4. The molecule has 0 fully saturated rings. The van der Waals surface area contributed by atoms with Crippen LogP contribution >= 0.6 is 0 Å². The van der Waals surface area contributed by atoms with E-state index in [-0.39, 0.29) is 35.6 Å². The van der Waals surface area contributed by atoms with Gasteiger partial charge in [0.15, 0.2) is 5.65 Å². The average Bonchev–Trinajstić information content (AvgIpc) is 3.42. The Morgan fingerprint density at radius 3 is 2.71 bits per heavy atom. The number of nitrogens with zero attached hydrogens (tertiary/aromatic N) is 5. The second-order valence-electron chi connectivity index (χ2n) is 7.85. The van der Waals surface area contributed by atoms with Crippen molar-refractivity contribution in [3.8, 4) is 22.8 Å². The van der Waals surface area contributed by atoms with Crippen LogP contribution < -0.4 is 11.0 Å². The summed E-state index contributed by atoms with van der Waals surface area (Å²) >= 11 is 0. The predicted molar refractivity (Wildman–Crippen MR) is 123 cm³/mol. The highest BCUT2D eigenvalue weighted by atomic mass is 19.1. The van der Waals surface area contributed by atoms with Crippen LogP contribution in [0.5, 0.6) is 0 Å². The Morgan fingerprint density at radius 1 is 1.12 bits per heavy atom. The summed E-state index contributed by atoms with van der Waals surface area (Å²) in [4.78, 5) is 29.8. The Balaban J connectivity index is 1.45. The minimum Gasteiger partial charge on any atom is -0.333 e. The summed E-state index contributed by atoms with van der Waals surface area (Å²) in [6.45, 7) is 3.56. The minimum atomic E-state index is -0.480. The van der Waals surface area contributed by atoms with Crippen LogP contribution in [-0.4, -0.2) is 30.2 Å². The lowest BCUT2D eigenvalue weighted by atomic mass is 10.1. The smallest absolute Gasteiger partial charge is 0.333 e. The molecule has 1 amide bonds. The quantitative estimate of drug-likeness (QED) is 0.431. The molecule has 34 heavy (non-hydrogen) atoms. The SMILES string of the molecule is Cc1ccc(C)c(NC(=O)Cn2nc3c(-c4nc(-c5ccc(F)cc5)no4)cccn3c2=O)c1. The number of aromatic nitrogens is 5. The Kier molecular flexibility index (Phi) is 5.25. The number of carbonyl (C=O) groups excluding carboxylic acids is 1. The zero-order valence-corrected chi connectivity index (χ0v) is 18.3. The van der Waals surface area contributed by atoms with Crippen molar-refractivity contribution in [2.45, 2.75) is 20.4 Å². The summed E-state index contributed by atoms with van der Waals surface area (Å²) in [5.41, 5.74) is 3.39. The molecular weight excluding hydrogens is 439 g/mol. The largest absolute Gasteiger partial charge is 0.350 e. The maximum absolute atomic E-state index is 13.2. The van der Waals surface area contributed by atoms with E-state index in [0.29, 0.717) is 16.8 Å². The van der Waals surface area contributed by atoms with E-state index in [1.165, 1.54) is 16.5 Å². The van der Waals surface area contributed by atoms with Gasteiger partial charge in [0.25, 0.3) is 5.89 Å². The van der Waals surface area contributed by atoms with Crippen LogP contribution in [0.4, 0.5) is 10.1 Å². The van der Waals surface area contributed by atoms with Crippen molar-refractivity contribution < 1.29 is 13.7 Å². The van der Waals surface area contributed by atoms with Crippen LogP contribution in [0.2, 0.25) is 0 Å². The van der Waals surface area contributed by atoms with E-state index in [0.717, 1.165) is 15.8 Å². The van der Waals surface area contributed by atoms with E-state index in [9.17, 15) is 14.0 Å². The second-order valence-corrected chi connectivity index (χ2v) is 7.85. The summed E-state index contributed by atoms with van der Waals surface area (Å²) in [6.07, 6.45) is 1.55. The summed E-state index contributed by atoms with van der Waals surface area (Å²) in [7, 11) is 0. The molecule has 10 heteroatoms. The first-order valence-corrected chi connectivity index (χ1v) is 10.4. The molecule has 0 radical (unpaired) electrons. The van der Waals surface area contributed by atoms with Crippen molar-refractivity contribution in [1.29, 1.82) is 0 Å². The van der Waals surface area contributed by atoms with Crippen molar-refractivity contribution in [3.05, 3.63) is 88.2 Å². The fraction of sp³-hybridized carbons (Fsp3) is 0.125. The molecule has 3 heterocycles. The monoisotopic (exact) mass is 458 g/mol. The van der Waals surface area contributed by atoms with Gasteiger partial charge in [-0.1, -0.05) is 17.3 Å². The van der Waals surface area contributed by atoms with Gasteiger partial charge in [-0.15, -0.1) is 5.10 Å². The van der Waals surface area contributed by atoms with E-state index < -0.39 is 5.69 Å². The highest BCUT2D eigenvalue weighted by Crippen LogP contribution is 2.24. The number of aryl methyl sites for hydroxylation is 2. The van der Waals surface area contributed by atoms with Gasteiger partial charge in [-0.2, -0.15) is 4.98 Å². The number of rotatable bonds is 5. The molecular formula is C24H19FN6O3. The lowest BCUT2D eigenvalue weighted by molar-refractivity contribution is -0.117. The molecule has 2 aromatic carbocycles. The van der Waals surface area contributed by atoms with Crippen LogP contribution in [0.3, 0.4) is 0 Å². The topological polar surface area (TPSA) is 107 Å². The van der Waals surface area contributed by atoms with Gasteiger partial charge in [-0.05, 0) is 67.4 Å². The number of nitrogens with one attached hydrogen (secondary N) is 1. The van der Waals surface area contributed by atoms with Gasteiger partial charge < -0.3 is 9.84 Å². The van der Waals surface area contributed by atoms with Gasteiger partial charge in [0.2, 0.25) is 11.7 Å². The first kappa shape index (κ1) is 21.3. The van der Waals surface area contributed by atoms with Crippen LogP contribution in [0.15, 0.2) is 70.1 Å². The predicted octanol–water partition coefficient (Wildman–Crippen LogP) is 3.61. The third-order valence-electron chi connectivity index (χ3n) is 5.33. The number of hydrogen-bond acceptors (Lipinski definition) is 6. The molecule has 1 N–H and O–H groups in total. The van der Waals surface area contributed by atoms with Gasteiger partial charge >= 0.3 is 5.69 Å². The molecule has 0 unspecified atom stereocenters. The molecule has 0 saturated heterocycles. The van der Waals surface area contributed by atoms with Crippen molar-refractivity contribution in [3.63, 3.8) is 0 Å². The lowest BCUT2D eigenvalue weighted by Gasteiger charge is -2.08.